The van der Waals surface area contributed by atoms with Crippen LogP contribution in [-0.2, 0) is 25.8 Å². The number of sulfone groups is 1. The highest BCUT2D eigenvalue weighted by Gasteiger charge is 2.33. The van der Waals surface area contributed by atoms with Crippen molar-refractivity contribution in [1.82, 2.24) is 10.2 Å². The molecule has 0 aromatic carbocycles. The van der Waals surface area contributed by atoms with Crippen molar-refractivity contribution in [2.24, 2.45) is 23.7 Å². The molecule has 7 nitrogen and oxygen atoms in total. The van der Waals surface area contributed by atoms with E-state index >= 15 is 0 Å². The van der Waals surface area contributed by atoms with Crippen LogP contribution in [-0.4, -0.2) is 47.9 Å². The van der Waals surface area contributed by atoms with E-state index < -0.39 is 9.84 Å². The van der Waals surface area contributed by atoms with Crippen LogP contribution in [0.15, 0.2) is 9.64 Å². The fourth-order valence-corrected chi connectivity index (χ4v) is 6.66. The number of ether oxygens (including phenoxy) is 1. The SMILES string of the molecule is CC(C)[C@H]1CC[C@@H](C)C[C@@H]1OC(=O)CSc1nnc(C[C@H]2CCS(=O)(=O)C2)o1. The number of nitrogens with zero attached hydrogens (tertiary/aromatic N) is 2. The van der Waals surface area contributed by atoms with Crippen molar-refractivity contribution in [2.45, 2.75) is 64.2 Å². The molecule has 1 aliphatic carbocycles. The molecule has 0 unspecified atom stereocenters. The molecule has 2 heterocycles. The minimum Gasteiger partial charge on any atom is -0.461 e. The summed E-state index contributed by atoms with van der Waals surface area (Å²) in [7, 11) is -2.92. The third-order valence-electron chi connectivity index (χ3n) is 5.80. The van der Waals surface area contributed by atoms with Gasteiger partial charge < -0.3 is 9.15 Å². The average molecular weight is 431 g/mol. The van der Waals surface area contributed by atoms with Gasteiger partial charge in [-0.05, 0) is 42.9 Å². The minimum atomic E-state index is -2.92. The van der Waals surface area contributed by atoms with Gasteiger partial charge in [0.2, 0.25) is 5.89 Å². The van der Waals surface area contributed by atoms with Crippen molar-refractivity contribution in [3.63, 3.8) is 0 Å². The van der Waals surface area contributed by atoms with Gasteiger partial charge in [-0.2, -0.15) is 0 Å². The largest absolute Gasteiger partial charge is 0.461 e. The van der Waals surface area contributed by atoms with Gasteiger partial charge in [-0.3, -0.25) is 4.79 Å². The summed E-state index contributed by atoms with van der Waals surface area (Å²) in [6.45, 7) is 6.58. The second-order valence-corrected chi connectivity index (χ2v) is 11.7. The van der Waals surface area contributed by atoms with Crippen LogP contribution in [0.4, 0.5) is 0 Å². The van der Waals surface area contributed by atoms with Gasteiger partial charge in [0, 0.05) is 6.42 Å². The third kappa shape index (κ3) is 5.95. The van der Waals surface area contributed by atoms with Crippen LogP contribution in [0.1, 0.15) is 52.3 Å². The van der Waals surface area contributed by atoms with E-state index in [1.54, 1.807) is 0 Å². The molecule has 2 fully saturated rings. The quantitative estimate of drug-likeness (QED) is 0.480. The molecular formula is C19H30N2O5S2. The fourth-order valence-electron chi connectivity index (χ4n) is 4.23. The summed E-state index contributed by atoms with van der Waals surface area (Å²) < 4.78 is 34.4. The molecule has 4 atom stereocenters. The van der Waals surface area contributed by atoms with Crippen molar-refractivity contribution in [3.05, 3.63) is 5.89 Å². The van der Waals surface area contributed by atoms with Gasteiger partial charge in [0.1, 0.15) is 11.9 Å². The van der Waals surface area contributed by atoms with E-state index in [9.17, 15) is 13.2 Å². The van der Waals surface area contributed by atoms with Crippen LogP contribution in [0, 0.1) is 23.7 Å². The summed E-state index contributed by atoms with van der Waals surface area (Å²) in [5.41, 5.74) is 0. The zero-order valence-electron chi connectivity index (χ0n) is 16.8. The maximum absolute atomic E-state index is 12.3. The Bertz CT molecular complexity index is 777. The van der Waals surface area contributed by atoms with E-state index in [-0.39, 0.29) is 35.2 Å². The Hall–Kier alpha value is -1.09. The zero-order chi connectivity index (χ0) is 20.3. The Morgan fingerprint density at radius 1 is 1.29 bits per heavy atom. The first-order valence-corrected chi connectivity index (χ1v) is 12.9. The molecule has 1 aromatic heterocycles. The molecule has 3 rings (SSSR count). The lowest BCUT2D eigenvalue weighted by Gasteiger charge is -2.36. The molecule has 0 amide bonds. The molecule has 0 radical (unpaired) electrons. The molecule has 1 saturated heterocycles. The Labute approximate surface area is 171 Å². The molecule has 28 heavy (non-hydrogen) atoms. The normalized spacial score (nSPS) is 29.9. The lowest BCUT2D eigenvalue weighted by Crippen LogP contribution is -2.36. The van der Waals surface area contributed by atoms with Crippen LogP contribution in [0.5, 0.6) is 0 Å². The van der Waals surface area contributed by atoms with Crippen LogP contribution >= 0.6 is 11.8 Å². The molecule has 1 saturated carbocycles. The number of carbonyl (C=O) groups is 1. The number of carbonyl (C=O) groups excluding carboxylic acids is 1. The standard InChI is InChI=1S/C19H30N2O5S2/c1-12(2)15-5-4-13(3)8-16(15)25-18(22)10-27-19-21-20-17(26-19)9-14-6-7-28(23,24)11-14/h12-16H,4-11H2,1-3H3/t13-,14-,15-,16+/m1/s1. The van der Waals surface area contributed by atoms with E-state index in [1.807, 2.05) is 0 Å². The monoisotopic (exact) mass is 430 g/mol. The minimum absolute atomic E-state index is 0.0144. The van der Waals surface area contributed by atoms with Gasteiger partial charge in [0.15, 0.2) is 9.84 Å². The van der Waals surface area contributed by atoms with Gasteiger partial charge in [0.05, 0.1) is 11.5 Å². The van der Waals surface area contributed by atoms with Gasteiger partial charge in [0.25, 0.3) is 5.22 Å². The summed E-state index contributed by atoms with van der Waals surface area (Å²) >= 11 is 1.17. The Morgan fingerprint density at radius 3 is 2.75 bits per heavy atom. The zero-order valence-corrected chi connectivity index (χ0v) is 18.4. The van der Waals surface area contributed by atoms with Gasteiger partial charge >= 0.3 is 5.97 Å². The highest BCUT2D eigenvalue weighted by atomic mass is 32.2. The van der Waals surface area contributed by atoms with Crippen molar-refractivity contribution >= 4 is 27.6 Å². The summed E-state index contributed by atoms with van der Waals surface area (Å²) in [4.78, 5) is 12.3. The van der Waals surface area contributed by atoms with Crippen LogP contribution in [0.25, 0.3) is 0 Å². The lowest BCUT2D eigenvalue weighted by atomic mass is 9.75. The summed E-state index contributed by atoms with van der Waals surface area (Å²) in [6, 6.07) is 0. The molecule has 1 aromatic rings. The third-order valence-corrected chi connectivity index (χ3v) is 8.42. The molecular weight excluding hydrogens is 400 g/mol. The highest BCUT2D eigenvalue weighted by Crippen LogP contribution is 2.35. The van der Waals surface area contributed by atoms with Crippen LogP contribution < -0.4 is 0 Å². The van der Waals surface area contributed by atoms with Crippen molar-refractivity contribution in [3.8, 4) is 0 Å². The van der Waals surface area contributed by atoms with Gasteiger partial charge in [-0.25, -0.2) is 8.42 Å². The topological polar surface area (TPSA) is 99.4 Å². The van der Waals surface area contributed by atoms with Crippen molar-refractivity contribution < 1.29 is 22.4 Å². The van der Waals surface area contributed by atoms with Crippen LogP contribution in [0.2, 0.25) is 0 Å². The van der Waals surface area contributed by atoms with Gasteiger partial charge in [-0.15, -0.1) is 10.2 Å². The predicted molar refractivity (Wildman–Crippen MR) is 107 cm³/mol. The first-order valence-electron chi connectivity index (χ1n) is 10.1. The van der Waals surface area contributed by atoms with E-state index in [0.29, 0.717) is 41.7 Å². The smallest absolute Gasteiger partial charge is 0.316 e. The Morgan fingerprint density at radius 2 is 2.07 bits per heavy atom. The molecule has 1 aliphatic heterocycles. The summed E-state index contributed by atoms with van der Waals surface area (Å²) in [5.74, 6) is 2.26. The first-order chi connectivity index (χ1) is 13.2. The number of rotatable bonds is 7. The lowest BCUT2D eigenvalue weighted by molar-refractivity contribution is -0.152. The number of aromatic nitrogens is 2. The predicted octanol–water partition coefficient (Wildman–Crippen LogP) is 3.14. The van der Waals surface area contributed by atoms with Crippen molar-refractivity contribution in [2.75, 3.05) is 17.3 Å². The first kappa shape index (κ1) is 21.6. The molecule has 0 bridgehead atoms. The van der Waals surface area contributed by atoms with E-state index in [2.05, 4.69) is 31.0 Å². The number of thioether (sulfide) groups is 1. The molecule has 2 aliphatic rings. The number of esters is 1. The van der Waals surface area contributed by atoms with Gasteiger partial charge in [-0.1, -0.05) is 39.0 Å². The fraction of sp³-hybridized carbons (Fsp3) is 0.842. The molecule has 0 spiro atoms. The van der Waals surface area contributed by atoms with Crippen LogP contribution in [0.3, 0.4) is 0 Å². The second-order valence-electron chi connectivity index (χ2n) is 8.58. The van der Waals surface area contributed by atoms with E-state index in [1.165, 1.54) is 18.2 Å². The Balaban J connectivity index is 1.46. The number of hydrogen-bond donors (Lipinski definition) is 0. The molecule has 9 heteroatoms. The maximum Gasteiger partial charge on any atom is 0.316 e. The van der Waals surface area contributed by atoms with Crippen molar-refractivity contribution in [1.29, 1.82) is 0 Å². The summed E-state index contributed by atoms with van der Waals surface area (Å²) in [6.07, 6.45) is 4.31. The highest BCUT2D eigenvalue weighted by molar-refractivity contribution is 7.99. The van der Waals surface area contributed by atoms with E-state index in [4.69, 9.17) is 9.15 Å². The maximum atomic E-state index is 12.3. The average Bonchev–Trinajstić information content (AvgIpc) is 3.19. The summed E-state index contributed by atoms with van der Waals surface area (Å²) in [5, 5.41) is 8.26. The second kappa shape index (κ2) is 9.15. The number of hydrogen-bond acceptors (Lipinski definition) is 8. The Kier molecular flexibility index (Phi) is 7.07. The van der Waals surface area contributed by atoms with E-state index in [0.717, 1.165) is 12.8 Å². The molecule has 158 valence electrons. The molecule has 0 N–H and O–H groups in total.